The SMILES string of the molecule is CN1CCCc2cc3c(cc21)oc(=O)c1c(-c2ccccc2)c2ccc(=[N+](C)C)cc-2oc13. The molecule has 5 nitrogen and oxygen atoms in total. The van der Waals surface area contributed by atoms with E-state index in [0.717, 1.165) is 58.3 Å². The van der Waals surface area contributed by atoms with E-state index in [0.29, 0.717) is 16.6 Å². The molecule has 6 rings (SSSR count). The molecule has 0 N–H and O–H groups in total. The molecule has 3 heterocycles. The first-order chi connectivity index (χ1) is 16.0. The van der Waals surface area contributed by atoms with Crippen molar-refractivity contribution in [2.45, 2.75) is 12.8 Å². The van der Waals surface area contributed by atoms with Crippen LogP contribution in [0.25, 0.3) is 44.4 Å². The molecule has 0 amide bonds. The van der Waals surface area contributed by atoms with Crippen LogP contribution in [0.1, 0.15) is 12.0 Å². The summed E-state index contributed by atoms with van der Waals surface area (Å²) in [6.07, 6.45) is 2.10. The first-order valence-electron chi connectivity index (χ1n) is 11.3. The zero-order chi connectivity index (χ0) is 22.7. The van der Waals surface area contributed by atoms with Gasteiger partial charge in [-0.15, -0.1) is 0 Å². The number of hydrogen-bond acceptors (Lipinski definition) is 4. The van der Waals surface area contributed by atoms with Gasteiger partial charge in [0.2, 0.25) is 5.36 Å². The molecule has 1 aliphatic carbocycles. The minimum Gasteiger partial charge on any atom is -0.455 e. The molecule has 0 unspecified atom stereocenters. The van der Waals surface area contributed by atoms with Crippen molar-refractivity contribution in [3.05, 3.63) is 82.0 Å². The molecule has 0 saturated carbocycles. The third kappa shape index (κ3) is 3.07. The van der Waals surface area contributed by atoms with Gasteiger partial charge < -0.3 is 13.7 Å². The van der Waals surface area contributed by atoms with E-state index in [1.54, 1.807) is 0 Å². The summed E-state index contributed by atoms with van der Waals surface area (Å²) in [5.41, 5.74) is 5.85. The summed E-state index contributed by atoms with van der Waals surface area (Å²) in [4.78, 5) is 15.6. The van der Waals surface area contributed by atoms with E-state index in [1.165, 1.54) is 5.56 Å². The molecular weight excluding hydrogens is 412 g/mol. The topological polar surface area (TPSA) is 49.6 Å². The second-order valence-corrected chi connectivity index (χ2v) is 9.01. The molecule has 3 aliphatic rings. The summed E-state index contributed by atoms with van der Waals surface area (Å²) >= 11 is 0. The minimum atomic E-state index is -0.378. The van der Waals surface area contributed by atoms with Gasteiger partial charge >= 0.3 is 5.63 Å². The van der Waals surface area contributed by atoms with Crippen LogP contribution in [0.5, 0.6) is 0 Å². The maximum absolute atomic E-state index is 13.4. The molecule has 0 bridgehead atoms. The molecule has 0 fully saturated rings. The summed E-state index contributed by atoms with van der Waals surface area (Å²) in [5.74, 6) is 0.745. The Labute approximate surface area is 191 Å². The van der Waals surface area contributed by atoms with Crippen molar-refractivity contribution in [1.82, 2.24) is 4.58 Å². The van der Waals surface area contributed by atoms with Gasteiger partial charge in [0.1, 0.15) is 30.8 Å². The normalized spacial score (nSPS) is 13.6. The summed E-state index contributed by atoms with van der Waals surface area (Å²) < 4.78 is 14.5. The highest BCUT2D eigenvalue weighted by Crippen LogP contribution is 2.41. The van der Waals surface area contributed by atoms with Gasteiger partial charge in [-0.1, -0.05) is 30.3 Å². The van der Waals surface area contributed by atoms with Gasteiger partial charge in [0, 0.05) is 42.5 Å². The third-order valence-corrected chi connectivity index (χ3v) is 6.69. The Morgan fingerprint density at radius 2 is 1.79 bits per heavy atom. The van der Waals surface area contributed by atoms with Crippen molar-refractivity contribution >= 4 is 27.6 Å². The molecule has 1 aromatic heterocycles. The highest BCUT2D eigenvalue weighted by Gasteiger charge is 2.24. The number of rotatable bonds is 1. The van der Waals surface area contributed by atoms with Crippen LogP contribution in [0, 0.1) is 0 Å². The number of fused-ring (bicyclic) bond motifs is 5. The largest absolute Gasteiger partial charge is 0.455 e. The van der Waals surface area contributed by atoms with Crippen molar-refractivity contribution in [3.8, 4) is 22.5 Å². The van der Waals surface area contributed by atoms with Gasteiger partial charge in [-0.3, -0.25) is 0 Å². The summed E-state index contributed by atoms with van der Waals surface area (Å²) in [6.45, 7) is 0.997. The van der Waals surface area contributed by atoms with Crippen molar-refractivity contribution in [2.75, 3.05) is 32.6 Å². The van der Waals surface area contributed by atoms with Crippen LogP contribution in [0.3, 0.4) is 0 Å². The van der Waals surface area contributed by atoms with Crippen LogP contribution in [0.15, 0.2) is 74.3 Å². The fourth-order valence-corrected chi connectivity index (χ4v) is 4.99. The average molecular weight is 438 g/mol. The van der Waals surface area contributed by atoms with Gasteiger partial charge in [0.25, 0.3) is 0 Å². The van der Waals surface area contributed by atoms with E-state index in [4.69, 9.17) is 8.83 Å². The Bertz CT molecular complexity index is 1640. The van der Waals surface area contributed by atoms with Crippen LogP contribution in [0.4, 0.5) is 5.69 Å². The lowest BCUT2D eigenvalue weighted by molar-refractivity contribution is 0.559. The zero-order valence-corrected chi connectivity index (χ0v) is 19.0. The van der Waals surface area contributed by atoms with E-state index >= 15 is 0 Å². The first-order valence-corrected chi connectivity index (χ1v) is 11.3. The quantitative estimate of drug-likeness (QED) is 0.165. The second kappa shape index (κ2) is 7.34. The van der Waals surface area contributed by atoms with Crippen LogP contribution >= 0.6 is 0 Å². The molecule has 0 radical (unpaired) electrons. The number of benzene rings is 3. The molecule has 164 valence electrons. The van der Waals surface area contributed by atoms with Crippen LogP contribution < -0.4 is 20.5 Å². The van der Waals surface area contributed by atoms with Crippen LogP contribution in [-0.4, -0.2) is 27.7 Å². The lowest BCUT2D eigenvalue weighted by Crippen LogP contribution is -2.24. The van der Waals surface area contributed by atoms with E-state index in [1.807, 2.05) is 73.3 Å². The predicted octanol–water partition coefficient (Wildman–Crippen LogP) is 4.73. The summed E-state index contributed by atoms with van der Waals surface area (Å²) in [6, 6.07) is 20.3. The molecule has 2 aliphatic heterocycles. The van der Waals surface area contributed by atoms with Crippen LogP contribution in [0.2, 0.25) is 0 Å². The Hall–Kier alpha value is -3.86. The third-order valence-electron chi connectivity index (χ3n) is 6.69. The Morgan fingerprint density at radius 3 is 2.58 bits per heavy atom. The fourth-order valence-electron chi connectivity index (χ4n) is 4.99. The van der Waals surface area contributed by atoms with Gasteiger partial charge in [0.05, 0.1) is 11.5 Å². The molecule has 0 atom stereocenters. The maximum Gasteiger partial charge on any atom is 0.348 e. The lowest BCUT2D eigenvalue weighted by atomic mass is 9.93. The predicted molar refractivity (Wildman–Crippen MR) is 133 cm³/mol. The van der Waals surface area contributed by atoms with Gasteiger partial charge in [0.15, 0.2) is 5.58 Å². The molecule has 3 aromatic rings. The Morgan fingerprint density at radius 1 is 0.970 bits per heavy atom. The van der Waals surface area contributed by atoms with Crippen molar-refractivity contribution in [2.24, 2.45) is 0 Å². The average Bonchev–Trinajstić information content (AvgIpc) is 2.82. The Balaban J connectivity index is 1.83. The first kappa shape index (κ1) is 19.8. The number of anilines is 1. The molecular formula is C28H25N2O3+. The number of aryl methyl sites for hydroxylation is 1. The highest BCUT2D eigenvalue weighted by molar-refractivity contribution is 6.10. The van der Waals surface area contributed by atoms with Crippen molar-refractivity contribution < 1.29 is 8.83 Å². The summed E-state index contributed by atoms with van der Waals surface area (Å²) in [7, 11) is 6.09. The Kier molecular flexibility index (Phi) is 4.40. The number of hydrogen-bond donors (Lipinski definition) is 0. The number of nitrogens with zero attached hydrogens (tertiary/aromatic N) is 2. The maximum atomic E-state index is 13.4. The highest BCUT2D eigenvalue weighted by atomic mass is 16.4. The van der Waals surface area contributed by atoms with Crippen LogP contribution in [-0.2, 0) is 6.42 Å². The smallest absolute Gasteiger partial charge is 0.348 e. The van der Waals surface area contributed by atoms with E-state index < -0.39 is 0 Å². The fraction of sp³-hybridized carbons (Fsp3) is 0.214. The minimum absolute atomic E-state index is 0.378. The van der Waals surface area contributed by atoms with Crippen molar-refractivity contribution in [3.63, 3.8) is 0 Å². The van der Waals surface area contributed by atoms with E-state index in [-0.39, 0.29) is 5.63 Å². The molecule has 33 heavy (non-hydrogen) atoms. The lowest BCUT2D eigenvalue weighted by Gasteiger charge is -2.27. The molecule has 0 saturated heterocycles. The van der Waals surface area contributed by atoms with Gasteiger partial charge in [-0.05, 0) is 36.1 Å². The zero-order valence-electron chi connectivity index (χ0n) is 19.0. The van der Waals surface area contributed by atoms with Gasteiger partial charge in [-0.2, -0.15) is 0 Å². The monoisotopic (exact) mass is 437 g/mol. The molecule has 0 spiro atoms. The summed E-state index contributed by atoms with van der Waals surface area (Å²) in [5, 5.41) is 2.37. The van der Waals surface area contributed by atoms with Crippen molar-refractivity contribution in [1.29, 1.82) is 0 Å². The van der Waals surface area contributed by atoms with Gasteiger partial charge in [-0.25, -0.2) is 9.37 Å². The van der Waals surface area contributed by atoms with E-state index in [2.05, 4.69) is 18.0 Å². The molecule has 5 heteroatoms. The van der Waals surface area contributed by atoms with E-state index in [9.17, 15) is 4.79 Å². The standard InChI is InChI=1S/C28H25N2O3/c1-29(2)19-11-12-20-23(15-19)32-27-21-14-18-10-7-13-30(3)22(18)16-24(21)33-28(31)26(27)25(20)17-8-5-4-6-9-17/h4-6,8-9,11-12,14-16H,7,10,13H2,1-3H3/q+1. The molecule has 2 aromatic carbocycles. The second-order valence-electron chi connectivity index (χ2n) is 9.01.